The Balaban J connectivity index is 1.49. The number of anilines is 1. The zero-order chi connectivity index (χ0) is 23.6. The summed E-state index contributed by atoms with van der Waals surface area (Å²) in [6, 6.07) is 11.7. The van der Waals surface area contributed by atoms with Crippen LogP contribution in [0, 0.1) is 0 Å². The van der Waals surface area contributed by atoms with Gasteiger partial charge in [0.15, 0.2) is 0 Å². The maximum absolute atomic E-state index is 13.0. The maximum Gasteiger partial charge on any atom is 0.243 e. The standard InChI is InChI=1S/C24H29N3O5S/c1-17(28)27-21-10-9-20(33(30,31)26-13-5-6-14-26)15-19(21)16-22(27)24(29)25-12-11-18-7-3-4-8-23(18)32-2/h3-4,7-10,15,22H,5-6,11-14,16H2,1-2H3,(H,25,29). The summed E-state index contributed by atoms with van der Waals surface area (Å²) in [6.07, 6.45) is 2.59. The van der Waals surface area contributed by atoms with Gasteiger partial charge in [-0.2, -0.15) is 4.31 Å². The van der Waals surface area contributed by atoms with Crippen molar-refractivity contribution in [1.82, 2.24) is 9.62 Å². The predicted molar refractivity (Wildman–Crippen MR) is 125 cm³/mol. The fourth-order valence-electron chi connectivity index (χ4n) is 4.61. The third kappa shape index (κ3) is 4.60. The molecule has 9 heteroatoms. The SMILES string of the molecule is COc1ccccc1CCNC(=O)C1Cc2cc(S(=O)(=O)N3CCCC3)ccc2N1C(C)=O. The minimum absolute atomic E-state index is 0.212. The summed E-state index contributed by atoms with van der Waals surface area (Å²) in [5.74, 6) is 0.242. The predicted octanol–water partition coefficient (Wildman–Crippen LogP) is 2.12. The number of hydrogen-bond donors (Lipinski definition) is 1. The molecule has 0 spiro atoms. The van der Waals surface area contributed by atoms with E-state index in [0.717, 1.165) is 24.2 Å². The van der Waals surface area contributed by atoms with Crippen LogP contribution in [0.5, 0.6) is 5.75 Å². The average molecular weight is 472 g/mol. The van der Waals surface area contributed by atoms with Crippen molar-refractivity contribution in [3.05, 3.63) is 53.6 Å². The number of hydrogen-bond acceptors (Lipinski definition) is 5. The Labute approximate surface area is 194 Å². The van der Waals surface area contributed by atoms with Crippen molar-refractivity contribution in [2.45, 2.75) is 43.5 Å². The number of benzene rings is 2. The van der Waals surface area contributed by atoms with Crippen molar-refractivity contribution < 1.29 is 22.7 Å². The van der Waals surface area contributed by atoms with Crippen molar-refractivity contribution in [3.8, 4) is 5.75 Å². The molecule has 4 rings (SSSR count). The van der Waals surface area contributed by atoms with Crippen molar-refractivity contribution in [2.24, 2.45) is 0 Å². The Kier molecular flexibility index (Phi) is 6.71. The summed E-state index contributed by atoms with van der Waals surface area (Å²) in [5, 5.41) is 2.92. The lowest BCUT2D eigenvalue weighted by atomic mass is 10.1. The molecular weight excluding hydrogens is 442 g/mol. The van der Waals surface area contributed by atoms with Crippen molar-refractivity contribution in [2.75, 3.05) is 31.6 Å². The van der Waals surface area contributed by atoms with Gasteiger partial charge in [0.1, 0.15) is 11.8 Å². The number of amides is 2. The molecule has 2 aliphatic rings. The van der Waals surface area contributed by atoms with E-state index in [1.807, 2.05) is 24.3 Å². The number of nitrogens with zero attached hydrogens (tertiary/aromatic N) is 2. The molecule has 0 aliphatic carbocycles. The van der Waals surface area contributed by atoms with E-state index in [2.05, 4.69) is 5.32 Å². The molecular formula is C24H29N3O5S. The summed E-state index contributed by atoms with van der Waals surface area (Å²) < 4.78 is 32.7. The first-order valence-corrected chi connectivity index (χ1v) is 12.6. The molecule has 1 atom stereocenters. The normalized spacial score (nSPS) is 18.2. The van der Waals surface area contributed by atoms with E-state index in [1.54, 1.807) is 19.2 Å². The first-order valence-electron chi connectivity index (χ1n) is 11.2. The van der Waals surface area contributed by atoms with Crippen LogP contribution < -0.4 is 15.0 Å². The van der Waals surface area contributed by atoms with Crippen molar-refractivity contribution >= 4 is 27.5 Å². The van der Waals surface area contributed by atoms with E-state index in [-0.39, 0.29) is 23.1 Å². The van der Waals surface area contributed by atoms with Gasteiger partial charge in [0, 0.05) is 38.7 Å². The lowest BCUT2D eigenvalue weighted by Gasteiger charge is -2.23. The third-order valence-electron chi connectivity index (χ3n) is 6.27. The van der Waals surface area contributed by atoms with Crippen molar-refractivity contribution in [1.29, 1.82) is 0 Å². The zero-order valence-electron chi connectivity index (χ0n) is 18.9. The molecule has 176 valence electrons. The largest absolute Gasteiger partial charge is 0.496 e. The minimum atomic E-state index is -3.57. The lowest BCUT2D eigenvalue weighted by molar-refractivity contribution is -0.125. The molecule has 2 heterocycles. The Bertz CT molecular complexity index is 1160. The molecule has 2 aromatic carbocycles. The molecule has 0 bridgehead atoms. The molecule has 1 unspecified atom stereocenters. The van der Waals surface area contributed by atoms with Gasteiger partial charge in [0.05, 0.1) is 12.0 Å². The first-order chi connectivity index (χ1) is 15.8. The highest BCUT2D eigenvalue weighted by Crippen LogP contribution is 2.35. The van der Waals surface area contributed by atoms with Crippen LogP contribution >= 0.6 is 0 Å². The highest BCUT2D eigenvalue weighted by molar-refractivity contribution is 7.89. The van der Waals surface area contributed by atoms with Crippen LogP contribution in [-0.2, 0) is 32.5 Å². The topological polar surface area (TPSA) is 96.0 Å². The molecule has 1 fully saturated rings. The van der Waals surface area contributed by atoms with Crippen molar-refractivity contribution in [3.63, 3.8) is 0 Å². The monoisotopic (exact) mass is 471 g/mol. The molecule has 2 aliphatic heterocycles. The average Bonchev–Trinajstić information content (AvgIpc) is 3.47. The Morgan fingerprint density at radius 3 is 2.55 bits per heavy atom. The van der Waals surface area contributed by atoms with Gasteiger partial charge >= 0.3 is 0 Å². The fraction of sp³-hybridized carbons (Fsp3) is 0.417. The fourth-order valence-corrected chi connectivity index (χ4v) is 6.18. The highest BCUT2D eigenvalue weighted by Gasteiger charge is 2.38. The second-order valence-electron chi connectivity index (χ2n) is 8.36. The molecule has 0 radical (unpaired) electrons. The molecule has 0 aromatic heterocycles. The molecule has 8 nitrogen and oxygen atoms in total. The van der Waals surface area contributed by atoms with E-state index in [0.29, 0.717) is 37.3 Å². The van der Waals surface area contributed by atoms with Gasteiger partial charge in [-0.1, -0.05) is 18.2 Å². The molecule has 33 heavy (non-hydrogen) atoms. The van der Waals surface area contributed by atoms with E-state index in [9.17, 15) is 18.0 Å². The van der Waals surface area contributed by atoms with E-state index >= 15 is 0 Å². The highest BCUT2D eigenvalue weighted by atomic mass is 32.2. The smallest absolute Gasteiger partial charge is 0.243 e. The number of sulfonamides is 1. The Hall–Kier alpha value is -2.91. The summed E-state index contributed by atoms with van der Waals surface area (Å²) in [7, 11) is -1.96. The molecule has 1 N–H and O–H groups in total. The number of carbonyl (C=O) groups excluding carboxylic acids is 2. The van der Waals surface area contributed by atoms with E-state index in [1.165, 1.54) is 22.2 Å². The second-order valence-corrected chi connectivity index (χ2v) is 10.3. The number of ether oxygens (including phenoxy) is 1. The van der Waals surface area contributed by atoms with Gasteiger partial charge in [-0.25, -0.2) is 8.42 Å². The Morgan fingerprint density at radius 1 is 1.12 bits per heavy atom. The molecule has 0 saturated carbocycles. The van der Waals surface area contributed by atoms with Crippen LogP contribution in [-0.4, -0.2) is 57.3 Å². The van der Waals surface area contributed by atoms with Gasteiger partial charge in [-0.15, -0.1) is 0 Å². The summed E-state index contributed by atoms with van der Waals surface area (Å²) in [6.45, 7) is 2.86. The van der Waals surface area contributed by atoms with E-state index < -0.39 is 16.1 Å². The van der Waals surface area contributed by atoms with Crippen LogP contribution in [0.1, 0.15) is 30.9 Å². The maximum atomic E-state index is 13.0. The number of fused-ring (bicyclic) bond motifs is 1. The van der Waals surface area contributed by atoms with Gasteiger partial charge in [0.25, 0.3) is 0 Å². The third-order valence-corrected chi connectivity index (χ3v) is 8.16. The van der Waals surface area contributed by atoms with Gasteiger partial charge in [-0.3, -0.25) is 14.5 Å². The number of carbonyl (C=O) groups is 2. The van der Waals surface area contributed by atoms with Crippen LogP contribution in [0.3, 0.4) is 0 Å². The molecule has 1 saturated heterocycles. The molecule has 2 amide bonds. The van der Waals surface area contributed by atoms with Gasteiger partial charge < -0.3 is 10.1 Å². The number of nitrogens with one attached hydrogen (secondary N) is 1. The van der Waals surface area contributed by atoms with E-state index in [4.69, 9.17) is 4.74 Å². The van der Waals surface area contributed by atoms with Crippen LogP contribution in [0.4, 0.5) is 5.69 Å². The van der Waals surface area contributed by atoms with Gasteiger partial charge in [-0.05, 0) is 54.7 Å². The lowest BCUT2D eigenvalue weighted by Crippen LogP contribution is -2.47. The minimum Gasteiger partial charge on any atom is -0.496 e. The summed E-state index contributed by atoms with van der Waals surface area (Å²) in [5.41, 5.74) is 2.26. The Morgan fingerprint density at radius 2 is 1.85 bits per heavy atom. The second kappa shape index (κ2) is 9.52. The first kappa shape index (κ1) is 23.3. The van der Waals surface area contributed by atoms with Crippen LogP contribution in [0.25, 0.3) is 0 Å². The zero-order valence-corrected chi connectivity index (χ0v) is 19.7. The number of para-hydroxylation sites is 1. The number of rotatable bonds is 7. The molecule has 2 aromatic rings. The van der Waals surface area contributed by atoms with Crippen LogP contribution in [0.2, 0.25) is 0 Å². The quantitative estimate of drug-likeness (QED) is 0.667. The number of methoxy groups -OCH3 is 1. The summed E-state index contributed by atoms with van der Waals surface area (Å²) in [4.78, 5) is 27.1. The van der Waals surface area contributed by atoms with Gasteiger partial charge in [0.2, 0.25) is 21.8 Å². The summed E-state index contributed by atoms with van der Waals surface area (Å²) >= 11 is 0. The van der Waals surface area contributed by atoms with Crippen LogP contribution in [0.15, 0.2) is 47.4 Å².